The van der Waals surface area contributed by atoms with Crippen molar-refractivity contribution in [3.05, 3.63) is 52.3 Å². The number of carboxylic acids is 1. The molecule has 0 radical (unpaired) electrons. The fourth-order valence-electron chi connectivity index (χ4n) is 2.27. The molecule has 0 saturated heterocycles. The van der Waals surface area contributed by atoms with E-state index in [2.05, 4.69) is 4.98 Å². The maximum atomic E-state index is 12.7. The number of aromatic nitrogens is 1. The Morgan fingerprint density at radius 3 is 2.32 bits per heavy atom. The highest BCUT2D eigenvalue weighted by atomic mass is 35.5. The predicted octanol–water partition coefficient (Wildman–Crippen LogP) is 3.99. The summed E-state index contributed by atoms with van der Waals surface area (Å²) < 4.78 is 48.3. The molecule has 0 aliphatic rings. The van der Waals surface area contributed by atoms with Gasteiger partial charge in [0.15, 0.2) is 11.5 Å². The Bertz CT molecular complexity index is 795. The molecular weight excluding hydrogens is 363 g/mol. The van der Waals surface area contributed by atoms with E-state index in [4.69, 9.17) is 21.1 Å². The number of ether oxygens (including phenoxy) is 2. The Balaban J connectivity index is 2.55. The first-order valence-electron chi connectivity index (χ1n) is 6.86. The molecule has 134 valence electrons. The molecule has 0 bridgehead atoms. The van der Waals surface area contributed by atoms with Crippen molar-refractivity contribution in [3.63, 3.8) is 0 Å². The molecule has 2 aromatic rings. The van der Waals surface area contributed by atoms with Crippen LogP contribution in [0.25, 0.3) is 0 Å². The number of halogens is 4. The quantitative estimate of drug-likeness (QED) is 0.855. The third-order valence-corrected chi connectivity index (χ3v) is 3.76. The van der Waals surface area contributed by atoms with Gasteiger partial charge in [-0.3, -0.25) is 9.78 Å². The Morgan fingerprint density at radius 1 is 1.20 bits per heavy atom. The molecule has 1 N–H and O–H groups in total. The van der Waals surface area contributed by atoms with Crippen LogP contribution >= 0.6 is 11.6 Å². The van der Waals surface area contributed by atoms with Crippen LogP contribution in [-0.4, -0.2) is 30.3 Å². The minimum atomic E-state index is -4.63. The van der Waals surface area contributed by atoms with Crippen LogP contribution in [0.2, 0.25) is 5.02 Å². The van der Waals surface area contributed by atoms with Crippen LogP contribution in [0.3, 0.4) is 0 Å². The summed E-state index contributed by atoms with van der Waals surface area (Å²) in [5.41, 5.74) is -1.02. The number of carboxylic acid groups (broad SMARTS) is 1. The highest BCUT2D eigenvalue weighted by Gasteiger charge is 2.34. The first-order chi connectivity index (χ1) is 11.7. The van der Waals surface area contributed by atoms with E-state index < -0.39 is 28.6 Å². The molecule has 1 aromatic carbocycles. The topological polar surface area (TPSA) is 68.7 Å². The van der Waals surface area contributed by atoms with Crippen molar-refractivity contribution >= 4 is 17.6 Å². The van der Waals surface area contributed by atoms with E-state index in [-0.39, 0.29) is 17.0 Å². The van der Waals surface area contributed by atoms with Gasteiger partial charge in [-0.1, -0.05) is 17.7 Å². The summed E-state index contributed by atoms with van der Waals surface area (Å²) in [5.74, 6) is -2.04. The van der Waals surface area contributed by atoms with Gasteiger partial charge in [0.2, 0.25) is 0 Å². The molecule has 0 aliphatic heterocycles. The maximum Gasteiger partial charge on any atom is 0.417 e. The van der Waals surface area contributed by atoms with Crippen molar-refractivity contribution in [1.82, 2.24) is 4.98 Å². The van der Waals surface area contributed by atoms with E-state index in [9.17, 15) is 23.1 Å². The summed E-state index contributed by atoms with van der Waals surface area (Å²) >= 11 is 5.87. The van der Waals surface area contributed by atoms with Gasteiger partial charge in [0.25, 0.3) is 0 Å². The number of carbonyl (C=O) groups is 1. The molecule has 2 rings (SSSR count). The number of benzene rings is 1. The number of hydrogen-bond acceptors (Lipinski definition) is 4. The average molecular weight is 376 g/mol. The lowest BCUT2D eigenvalue weighted by atomic mass is 9.94. The molecule has 0 fully saturated rings. The van der Waals surface area contributed by atoms with Gasteiger partial charge >= 0.3 is 12.1 Å². The summed E-state index contributed by atoms with van der Waals surface area (Å²) in [6.07, 6.45) is -4.07. The van der Waals surface area contributed by atoms with Gasteiger partial charge in [-0.05, 0) is 23.8 Å². The molecule has 5 nitrogen and oxygen atoms in total. The third-order valence-electron chi connectivity index (χ3n) is 3.46. The highest BCUT2D eigenvalue weighted by Crippen LogP contribution is 2.37. The van der Waals surface area contributed by atoms with Gasteiger partial charge in [-0.15, -0.1) is 0 Å². The summed E-state index contributed by atoms with van der Waals surface area (Å²) in [6, 6.07) is 5.01. The van der Waals surface area contributed by atoms with Crippen LogP contribution in [0.1, 0.15) is 22.7 Å². The molecule has 1 unspecified atom stereocenters. The zero-order valence-electron chi connectivity index (χ0n) is 13.1. The lowest BCUT2D eigenvalue weighted by Gasteiger charge is -2.17. The van der Waals surface area contributed by atoms with E-state index in [1.54, 1.807) is 0 Å². The average Bonchev–Trinajstić information content (AvgIpc) is 2.55. The second-order valence-corrected chi connectivity index (χ2v) is 5.38. The van der Waals surface area contributed by atoms with Crippen molar-refractivity contribution in [2.75, 3.05) is 14.2 Å². The maximum absolute atomic E-state index is 12.7. The summed E-state index contributed by atoms with van der Waals surface area (Å²) in [7, 11) is 2.79. The molecule has 0 saturated carbocycles. The molecule has 0 aliphatic carbocycles. The first kappa shape index (κ1) is 18.9. The molecule has 25 heavy (non-hydrogen) atoms. The number of nitrogens with zero attached hydrogens (tertiary/aromatic N) is 1. The van der Waals surface area contributed by atoms with Gasteiger partial charge in [0, 0.05) is 6.20 Å². The highest BCUT2D eigenvalue weighted by molar-refractivity contribution is 6.31. The van der Waals surface area contributed by atoms with Gasteiger partial charge in [-0.25, -0.2) is 0 Å². The standard InChI is InChI=1S/C16H13ClF3NO4/c1-24-11-4-3-8(5-12(11)25-2)13(15(22)23)14-10(17)6-9(7-21-14)16(18,19)20/h3-7,13H,1-2H3,(H,22,23). The zero-order chi connectivity index (χ0) is 18.8. The summed E-state index contributed by atoms with van der Waals surface area (Å²) in [5, 5.41) is 9.14. The van der Waals surface area contributed by atoms with Crippen LogP contribution in [0.5, 0.6) is 11.5 Å². The number of rotatable bonds is 5. The Kier molecular flexibility index (Phi) is 5.42. The second kappa shape index (κ2) is 7.18. The molecule has 1 heterocycles. The largest absolute Gasteiger partial charge is 0.493 e. The molecule has 0 spiro atoms. The van der Waals surface area contributed by atoms with E-state index in [0.717, 1.165) is 0 Å². The SMILES string of the molecule is COc1ccc(C(C(=O)O)c2ncc(C(F)(F)F)cc2Cl)cc1OC. The van der Waals surface area contributed by atoms with Crippen molar-refractivity contribution in [2.24, 2.45) is 0 Å². The van der Waals surface area contributed by atoms with Crippen LogP contribution in [0.4, 0.5) is 13.2 Å². The summed E-state index contributed by atoms with van der Waals surface area (Å²) in [4.78, 5) is 15.3. The van der Waals surface area contributed by atoms with Crippen LogP contribution in [-0.2, 0) is 11.0 Å². The van der Waals surface area contributed by atoms with E-state index in [1.807, 2.05) is 0 Å². The van der Waals surface area contributed by atoms with E-state index in [0.29, 0.717) is 18.0 Å². The Morgan fingerprint density at radius 2 is 1.84 bits per heavy atom. The fourth-order valence-corrected chi connectivity index (χ4v) is 2.54. The van der Waals surface area contributed by atoms with Gasteiger partial charge < -0.3 is 14.6 Å². The van der Waals surface area contributed by atoms with Crippen molar-refractivity contribution in [1.29, 1.82) is 0 Å². The molecule has 9 heteroatoms. The van der Waals surface area contributed by atoms with Crippen LogP contribution < -0.4 is 9.47 Å². The van der Waals surface area contributed by atoms with Gasteiger partial charge in [-0.2, -0.15) is 13.2 Å². The molecule has 0 amide bonds. The predicted molar refractivity (Wildman–Crippen MR) is 83.3 cm³/mol. The third kappa shape index (κ3) is 3.96. The number of pyridine rings is 1. The minimum absolute atomic E-state index is 0.200. The Labute approximate surface area is 146 Å². The van der Waals surface area contributed by atoms with Crippen molar-refractivity contribution in [3.8, 4) is 11.5 Å². The number of alkyl halides is 3. The minimum Gasteiger partial charge on any atom is -0.493 e. The van der Waals surface area contributed by atoms with Crippen molar-refractivity contribution in [2.45, 2.75) is 12.1 Å². The number of hydrogen-bond donors (Lipinski definition) is 1. The lowest BCUT2D eigenvalue weighted by Crippen LogP contribution is -2.16. The fraction of sp³-hybridized carbons (Fsp3) is 0.250. The summed E-state index contributed by atoms with van der Waals surface area (Å²) in [6.45, 7) is 0. The first-order valence-corrected chi connectivity index (χ1v) is 7.24. The van der Waals surface area contributed by atoms with Gasteiger partial charge in [0.1, 0.15) is 5.92 Å². The molecular formula is C16H13ClF3NO4. The smallest absolute Gasteiger partial charge is 0.417 e. The van der Waals surface area contributed by atoms with Gasteiger partial charge in [0.05, 0.1) is 30.5 Å². The Hall–Kier alpha value is -2.48. The lowest BCUT2D eigenvalue weighted by molar-refractivity contribution is -0.138. The normalized spacial score (nSPS) is 12.6. The van der Waals surface area contributed by atoms with E-state index in [1.165, 1.54) is 32.4 Å². The van der Waals surface area contributed by atoms with Crippen LogP contribution in [0.15, 0.2) is 30.5 Å². The molecule has 1 aromatic heterocycles. The second-order valence-electron chi connectivity index (χ2n) is 4.97. The van der Waals surface area contributed by atoms with E-state index >= 15 is 0 Å². The zero-order valence-corrected chi connectivity index (χ0v) is 13.9. The number of methoxy groups -OCH3 is 2. The van der Waals surface area contributed by atoms with Crippen molar-refractivity contribution < 1.29 is 32.5 Å². The molecule has 1 atom stereocenters. The monoisotopic (exact) mass is 375 g/mol. The number of aliphatic carboxylic acids is 1. The van der Waals surface area contributed by atoms with Crippen LogP contribution in [0, 0.1) is 0 Å².